The van der Waals surface area contributed by atoms with Crippen LogP contribution in [0.15, 0.2) is 18.2 Å². The number of carbonyl (C=O) groups excluding carboxylic acids is 4. The number of nitrogens with one attached hydrogen (secondary N) is 3. The van der Waals surface area contributed by atoms with Crippen molar-refractivity contribution < 1.29 is 28.7 Å². The maximum atomic E-state index is 12.6. The number of benzene rings is 1. The summed E-state index contributed by atoms with van der Waals surface area (Å²) in [5, 5.41) is 2.77. The first-order valence-corrected chi connectivity index (χ1v) is 10.4. The second-order valence-electron chi connectivity index (χ2n) is 7.64. The normalized spacial score (nSPS) is 16.9. The molecule has 1 spiro atoms. The standard InChI is InChI=1S/C21H28N4O6/c1-3-12-31-15-7-6-14(13-16(15)30-2)18(27)24-23-17(26)8-11-25-19(28)21(22-20(25)29)9-4-5-10-21/h6-7,13H,3-5,8-12H2,1-2H3,(H,22,29)(H,23,26)(H,24,27). The molecule has 1 aromatic carbocycles. The minimum absolute atomic E-state index is 0.0502. The topological polar surface area (TPSA) is 126 Å². The lowest BCUT2D eigenvalue weighted by Crippen LogP contribution is -2.45. The van der Waals surface area contributed by atoms with E-state index in [1.165, 1.54) is 13.2 Å². The van der Waals surface area contributed by atoms with E-state index < -0.39 is 23.4 Å². The zero-order valence-corrected chi connectivity index (χ0v) is 17.8. The van der Waals surface area contributed by atoms with E-state index in [4.69, 9.17) is 9.47 Å². The molecule has 3 rings (SSSR count). The summed E-state index contributed by atoms with van der Waals surface area (Å²) >= 11 is 0. The Morgan fingerprint density at radius 1 is 1.16 bits per heavy atom. The predicted molar refractivity (Wildman–Crippen MR) is 110 cm³/mol. The minimum atomic E-state index is -0.798. The number of carbonyl (C=O) groups is 4. The Hall–Kier alpha value is -3.30. The van der Waals surface area contributed by atoms with Gasteiger partial charge in [-0.2, -0.15) is 0 Å². The largest absolute Gasteiger partial charge is 0.493 e. The zero-order valence-electron chi connectivity index (χ0n) is 17.8. The van der Waals surface area contributed by atoms with Crippen molar-refractivity contribution in [3.63, 3.8) is 0 Å². The van der Waals surface area contributed by atoms with Gasteiger partial charge in [0.05, 0.1) is 13.7 Å². The van der Waals surface area contributed by atoms with Crippen LogP contribution in [0.5, 0.6) is 11.5 Å². The van der Waals surface area contributed by atoms with E-state index in [0.717, 1.165) is 24.2 Å². The minimum Gasteiger partial charge on any atom is -0.493 e. The van der Waals surface area contributed by atoms with E-state index in [1.807, 2.05) is 6.92 Å². The van der Waals surface area contributed by atoms with Gasteiger partial charge < -0.3 is 14.8 Å². The fourth-order valence-corrected chi connectivity index (χ4v) is 3.81. The average Bonchev–Trinajstić information content (AvgIpc) is 3.33. The van der Waals surface area contributed by atoms with Crippen molar-refractivity contribution >= 4 is 23.8 Å². The summed E-state index contributed by atoms with van der Waals surface area (Å²) < 4.78 is 10.8. The molecule has 0 radical (unpaired) electrons. The third kappa shape index (κ3) is 4.89. The molecule has 0 bridgehead atoms. The van der Waals surface area contributed by atoms with Crippen molar-refractivity contribution in [2.24, 2.45) is 0 Å². The summed E-state index contributed by atoms with van der Waals surface area (Å²) in [5.74, 6) is -0.389. The third-order valence-electron chi connectivity index (χ3n) is 5.47. The number of ether oxygens (including phenoxy) is 2. The van der Waals surface area contributed by atoms with Crippen LogP contribution < -0.4 is 25.6 Å². The molecule has 168 valence electrons. The Labute approximate surface area is 180 Å². The molecule has 2 fully saturated rings. The molecular formula is C21H28N4O6. The van der Waals surface area contributed by atoms with Crippen LogP contribution in [0, 0.1) is 0 Å². The van der Waals surface area contributed by atoms with Crippen LogP contribution >= 0.6 is 0 Å². The quantitative estimate of drug-likeness (QED) is 0.422. The highest BCUT2D eigenvalue weighted by atomic mass is 16.5. The molecule has 31 heavy (non-hydrogen) atoms. The van der Waals surface area contributed by atoms with E-state index in [0.29, 0.717) is 30.9 Å². The van der Waals surface area contributed by atoms with Gasteiger partial charge in [-0.25, -0.2) is 4.79 Å². The van der Waals surface area contributed by atoms with Gasteiger partial charge in [0, 0.05) is 18.5 Å². The molecule has 1 aliphatic heterocycles. The van der Waals surface area contributed by atoms with Crippen molar-refractivity contribution in [1.82, 2.24) is 21.1 Å². The fraction of sp³-hybridized carbons (Fsp3) is 0.524. The number of hydrogen-bond acceptors (Lipinski definition) is 6. The second-order valence-corrected chi connectivity index (χ2v) is 7.64. The van der Waals surface area contributed by atoms with Crippen LogP contribution in [0.4, 0.5) is 4.79 Å². The molecule has 0 atom stereocenters. The lowest BCUT2D eigenvalue weighted by Gasteiger charge is -2.19. The lowest BCUT2D eigenvalue weighted by molar-refractivity contribution is -0.131. The summed E-state index contributed by atoms with van der Waals surface area (Å²) in [4.78, 5) is 50.2. The van der Waals surface area contributed by atoms with Crippen LogP contribution in [0.25, 0.3) is 0 Å². The first kappa shape index (κ1) is 22.4. The monoisotopic (exact) mass is 432 g/mol. The molecule has 1 saturated heterocycles. The van der Waals surface area contributed by atoms with Gasteiger partial charge in [-0.05, 0) is 37.5 Å². The summed E-state index contributed by atoms with van der Waals surface area (Å²) in [6.07, 6.45) is 3.75. The Kier molecular flexibility index (Phi) is 6.98. The first-order valence-electron chi connectivity index (χ1n) is 10.4. The molecular weight excluding hydrogens is 404 g/mol. The van der Waals surface area contributed by atoms with Gasteiger partial charge in [-0.15, -0.1) is 0 Å². The molecule has 5 amide bonds. The molecule has 3 N–H and O–H groups in total. The smallest absolute Gasteiger partial charge is 0.325 e. The van der Waals surface area contributed by atoms with Crippen molar-refractivity contribution in [3.05, 3.63) is 23.8 Å². The summed E-state index contributed by atoms with van der Waals surface area (Å²) in [5.41, 5.74) is 4.10. The molecule has 10 nitrogen and oxygen atoms in total. The second kappa shape index (κ2) is 9.67. The molecule has 10 heteroatoms. The molecule has 2 aliphatic rings. The SMILES string of the molecule is CCCOc1ccc(C(=O)NNC(=O)CCN2C(=O)NC3(CCCC3)C2=O)cc1OC. The predicted octanol–water partition coefficient (Wildman–Crippen LogP) is 1.50. The first-order chi connectivity index (χ1) is 14.9. The van der Waals surface area contributed by atoms with E-state index in [-0.39, 0.29) is 24.4 Å². The molecule has 0 unspecified atom stereocenters. The molecule has 1 aliphatic carbocycles. The summed E-state index contributed by atoms with van der Waals surface area (Å²) in [7, 11) is 1.48. The number of urea groups is 1. The van der Waals surface area contributed by atoms with Gasteiger partial charge in [0.2, 0.25) is 5.91 Å². The van der Waals surface area contributed by atoms with Gasteiger partial charge in [0.25, 0.3) is 11.8 Å². The van der Waals surface area contributed by atoms with E-state index in [2.05, 4.69) is 16.2 Å². The van der Waals surface area contributed by atoms with Crippen molar-refractivity contribution in [3.8, 4) is 11.5 Å². The average molecular weight is 432 g/mol. The highest BCUT2D eigenvalue weighted by Crippen LogP contribution is 2.35. The number of hydrazine groups is 1. The highest BCUT2D eigenvalue weighted by Gasteiger charge is 2.52. The number of nitrogens with zero attached hydrogens (tertiary/aromatic N) is 1. The number of rotatable bonds is 8. The Morgan fingerprint density at radius 3 is 2.58 bits per heavy atom. The van der Waals surface area contributed by atoms with Gasteiger partial charge in [0.1, 0.15) is 5.54 Å². The Morgan fingerprint density at radius 2 is 1.90 bits per heavy atom. The van der Waals surface area contributed by atoms with Crippen molar-refractivity contribution in [2.45, 2.75) is 51.0 Å². The van der Waals surface area contributed by atoms with Crippen LogP contribution in [0.1, 0.15) is 55.8 Å². The summed E-state index contributed by atoms with van der Waals surface area (Å²) in [6, 6.07) is 4.23. The third-order valence-corrected chi connectivity index (χ3v) is 5.47. The molecule has 0 aromatic heterocycles. The van der Waals surface area contributed by atoms with Gasteiger partial charge in [0.15, 0.2) is 11.5 Å². The molecule has 1 aromatic rings. The highest BCUT2D eigenvalue weighted by molar-refractivity contribution is 6.07. The van der Waals surface area contributed by atoms with Crippen molar-refractivity contribution in [2.75, 3.05) is 20.3 Å². The van der Waals surface area contributed by atoms with Crippen LogP contribution in [-0.4, -0.2) is 54.5 Å². The maximum Gasteiger partial charge on any atom is 0.325 e. The Balaban J connectivity index is 1.49. The number of methoxy groups -OCH3 is 1. The fourth-order valence-electron chi connectivity index (χ4n) is 3.81. The lowest BCUT2D eigenvalue weighted by atomic mass is 9.98. The number of imide groups is 1. The van der Waals surface area contributed by atoms with E-state index in [1.54, 1.807) is 12.1 Å². The maximum absolute atomic E-state index is 12.6. The van der Waals surface area contributed by atoms with Gasteiger partial charge in [-0.3, -0.25) is 30.1 Å². The zero-order chi connectivity index (χ0) is 22.4. The Bertz CT molecular complexity index is 865. The van der Waals surface area contributed by atoms with Crippen molar-refractivity contribution in [1.29, 1.82) is 0 Å². The van der Waals surface area contributed by atoms with Crippen LogP contribution in [0.3, 0.4) is 0 Å². The van der Waals surface area contributed by atoms with E-state index in [9.17, 15) is 19.2 Å². The molecule has 1 heterocycles. The van der Waals surface area contributed by atoms with E-state index >= 15 is 0 Å². The van der Waals surface area contributed by atoms with Crippen LogP contribution in [0.2, 0.25) is 0 Å². The number of hydrogen-bond donors (Lipinski definition) is 3. The number of amides is 5. The summed E-state index contributed by atoms with van der Waals surface area (Å²) in [6.45, 7) is 2.46. The van der Waals surface area contributed by atoms with Crippen LogP contribution in [-0.2, 0) is 9.59 Å². The van der Waals surface area contributed by atoms with Gasteiger partial charge >= 0.3 is 6.03 Å². The molecule has 1 saturated carbocycles. The van der Waals surface area contributed by atoms with Gasteiger partial charge in [-0.1, -0.05) is 19.8 Å².